The van der Waals surface area contributed by atoms with Crippen LogP contribution in [0, 0.1) is 10.1 Å². The van der Waals surface area contributed by atoms with Gasteiger partial charge in [-0.3, -0.25) is 14.9 Å². The second kappa shape index (κ2) is 8.14. The number of nitro groups is 1. The zero-order chi connectivity index (χ0) is 20.2. The number of hydrogen-bond acceptors (Lipinski definition) is 7. The van der Waals surface area contributed by atoms with Crippen molar-refractivity contribution in [1.29, 1.82) is 0 Å². The first-order chi connectivity index (χ1) is 12.6. The van der Waals surface area contributed by atoms with Crippen molar-refractivity contribution in [3.8, 4) is 0 Å². The van der Waals surface area contributed by atoms with Crippen LogP contribution in [-0.2, 0) is 19.4 Å². The number of nitrogens with one attached hydrogen (secondary N) is 1. The molecule has 11 heteroatoms. The Bertz CT molecular complexity index is 1020. The first-order valence-electron chi connectivity index (χ1n) is 7.29. The summed E-state index contributed by atoms with van der Waals surface area (Å²) in [6.45, 7) is -0.693. The molecule has 2 rings (SSSR count). The molecule has 2 aromatic carbocycles. The van der Waals surface area contributed by atoms with Gasteiger partial charge < -0.3 is 10.1 Å². The second-order valence-corrected chi connectivity index (χ2v) is 7.77. The molecular weight excluding hydrogens is 400 g/mol. The van der Waals surface area contributed by atoms with Crippen molar-refractivity contribution in [2.24, 2.45) is 0 Å². The summed E-state index contributed by atoms with van der Waals surface area (Å²) in [6, 6.07) is 8.65. The highest BCUT2D eigenvalue weighted by atomic mass is 35.5. The predicted octanol–water partition coefficient (Wildman–Crippen LogP) is 2.45. The molecular formula is C16H13ClN2O7S. The summed E-state index contributed by atoms with van der Waals surface area (Å²) in [5.41, 5.74) is -0.325. The number of rotatable bonds is 6. The molecule has 0 aromatic heterocycles. The third kappa shape index (κ3) is 5.50. The maximum absolute atomic E-state index is 12.0. The van der Waals surface area contributed by atoms with E-state index in [9.17, 15) is 28.1 Å². The number of ether oxygens (including phenoxy) is 1. The summed E-state index contributed by atoms with van der Waals surface area (Å²) >= 11 is 5.86. The fourth-order valence-electron chi connectivity index (χ4n) is 1.98. The number of nitrogens with zero attached hydrogens (tertiary/aromatic N) is 1. The van der Waals surface area contributed by atoms with E-state index in [1.54, 1.807) is 0 Å². The molecule has 0 atom stereocenters. The molecule has 27 heavy (non-hydrogen) atoms. The van der Waals surface area contributed by atoms with Crippen LogP contribution in [0.2, 0.25) is 5.02 Å². The summed E-state index contributed by atoms with van der Waals surface area (Å²) in [6.07, 6.45) is 0.994. The smallest absolute Gasteiger partial charge is 0.338 e. The van der Waals surface area contributed by atoms with Gasteiger partial charge in [0.25, 0.3) is 11.6 Å². The number of non-ortho nitro benzene ring substituents is 1. The molecule has 142 valence electrons. The Morgan fingerprint density at radius 2 is 1.93 bits per heavy atom. The Kier molecular flexibility index (Phi) is 6.13. The standard InChI is InChI=1S/C16H13ClN2O7S/c1-27(24,25)12-4-2-3-10(7-12)16(21)26-9-15(20)18-14-8-11(19(22)23)5-6-13(14)17/h2-8H,9H2,1H3,(H,18,20). The fourth-order valence-corrected chi connectivity index (χ4v) is 2.81. The summed E-state index contributed by atoms with van der Waals surface area (Å²) in [4.78, 5) is 33.9. The van der Waals surface area contributed by atoms with E-state index in [1.807, 2.05) is 0 Å². The summed E-state index contributed by atoms with van der Waals surface area (Å²) < 4.78 is 27.8. The van der Waals surface area contributed by atoms with Crippen molar-refractivity contribution >= 4 is 44.7 Å². The first-order valence-corrected chi connectivity index (χ1v) is 9.56. The van der Waals surface area contributed by atoms with E-state index in [-0.39, 0.29) is 26.9 Å². The summed E-state index contributed by atoms with van der Waals surface area (Å²) in [7, 11) is -3.50. The molecule has 0 saturated heterocycles. The Labute approximate surface area is 159 Å². The monoisotopic (exact) mass is 412 g/mol. The molecule has 0 aliphatic carbocycles. The number of carbonyl (C=O) groups excluding carboxylic acids is 2. The number of halogens is 1. The molecule has 0 aliphatic rings. The maximum Gasteiger partial charge on any atom is 0.338 e. The largest absolute Gasteiger partial charge is 0.452 e. The van der Waals surface area contributed by atoms with Crippen LogP contribution in [0.4, 0.5) is 11.4 Å². The molecule has 0 saturated carbocycles. The van der Waals surface area contributed by atoms with Gasteiger partial charge in [0.15, 0.2) is 16.4 Å². The van der Waals surface area contributed by atoms with Crippen LogP contribution in [0.3, 0.4) is 0 Å². The molecule has 1 amide bonds. The van der Waals surface area contributed by atoms with Gasteiger partial charge in [0.2, 0.25) is 0 Å². The topological polar surface area (TPSA) is 133 Å². The van der Waals surface area contributed by atoms with Crippen molar-refractivity contribution < 1.29 is 27.7 Å². The molecule has 0 aliphatic heterocycles. The van der Waals surface area contributed by atoms with Crippen LogP contribution >= 0.6 is 11.6 Å². The quantitative estimate of drug-likeness (QED) is 0.437. The van der Waals surface area contributed by atoms with Gasteiger partial charge in [-0.05, 0) is 24.3 Å². The predicted molar refractivity (Wildman–Crippen MR) is 96.6 cm³/mol. The first kappa shape index (κ1) is 20.3. The van der Waals surface area contributed by atoms with Gasteiger partial charge in [0.1, 0.15) is 0 Å². The van der Waals surface area contributed by atoms with Crippen molar-refractivity contribution in [3.05, 3.63) is 63.2 Å². The minimum atomic E-state index is -3.50. The van der Waals surface area contributed by atoms with Gasteiger partial charge in [-0.1, -0.05) is 17.7 Å². The number of carbonyl (C=O) groups is 2. The summed E-state index contributed by atoms with van der Waals surface area (Å²) in [5, 5.41) is 13.1. The number of hydrogen-bond donors (Lipinski definition) is 1. The van der Waals surface area contributed by atoms with Gasteiger partial charge in [0, 0.05) is 18.4 Å². The average molecular weight is 413 g/mol. The number of sulfone groups is 1. The zero-order valence-corrected chi connectivity index (χ0v) is 15.4. The molecule has 1 N–H and O–H groups in total. The van der Waals surface area contributed by atoms with Crippen LogP contribution in [0.15, 0.2) is 47.4 Å². The molecule has 9 nitrogen and oxygen atoms in total. The highest BCUT2D eigenvalue weighted by Crippen LogP contribution is 2.26. The van der Waals surface area contributed by atoms with E-state index in [0.29, 0.717) is 0 Å². The van der Waals surface area contributed by atoms with Crippen LogP contribution in [0.1, 0.15) is 10.4 Å². The minimum Gasteiger partial charge on any atom is -0.452 e. The fraction of sp³-hybridized carbons (Fsp3) is 0.125. The zero-order valence-electron chi connectivity index (χ0n) is 13.8. The van der Waals surface area contributed by atoms with Crippen LogP contribution < -0.4 is 5.32 Å². The lowest BCUT2D eigenvalue weighted by Crippen LogP contribution is -2.21. The van der Waals surface area contributed by atoms with Crippen molar-refractivity contribution in [3.63, 3.8) is 0 Å². The molecule has 0 unspecified atom stereocenters. The van der Waals surface area contributed by atoms with Crippen molar-refractivity contribution in [1.82, 2.24) is 0 Å². The molecule has 0 fully saturated rings. The van der Waals surface area contributed by atoms with Crippen molar-refractivity contribution in [2.45, 2.75) is 4.90 Å². The van der Waals surface area contributed by atoms with Gasteiger partial charge in [-0.15, -0.1) is 0 Å². The van der Waals surface area contributed by atoms with Crippen LogP contribution in [0.5, 0.6) is 0 Å². The van der Waals surface area contributed by atoms with Gasteiger partial charge >= 0.3 is 5.97 Å². The number of esters is 1. The Hall–Kier alpha value is -2.98. The molecule has 0 radical (unpaired) electrons. The number of benzene rings is 2. The van der Waals surface area contributed by atoms with Gasteiger partial charge in [0.05, 0.1) is 26.1 Å². The van der Waals surface area contributed by atoms with E-state index < -0.39 is 33.2 Å². The lowest BCUT2D eigenvalue weighted by Gasteiger charge is -2.08. The number of nitro benzene ring substituents is 1. The Morgan fingerprint density at radius 1 is 1.22 bits per heavy atom. The maximum atomic E-state index is 12.0. The number of amides is 1. The van der Waals surface area contributed by atoms with Crippen LogP contribution in [0.25, 0.3) is 0 Å². The Morgan fingerprint density at radius 3 is 2.56 bits per heavy atom. The lowest BCUT2D eigenvalue weighted by molar-refractivity contribution is -0.384. The minimum absolute atomic E-state index is 0.00834. The molecule has 0 spiro atoms. The summed E-state index contributed by atoms with van der Waals surface area (Å²) in [5.74, 6) is -1.68. The van der Waals surface area contributed by atoms with Gasteiger partial charge in [-0.2, -0.15) is 0 Å². The normalized spacial score (nSPS) is 10.9. The van der Waals surface area contributed by atoms with Crippen LogP contribution in [-0.4, -0.2) is 38.1 Å². The highest BCUT2D eigenvalue weighted by Gasteiger charge is 2.16. The van der Waals surface area contributed by atoms with E-state index in [4.69, 9.17) is 16.3 Å². The average Bonchev–Trinajstić information content (AvgIpc) is 2.60. The molecule has 2 aromatic rings. The van der Waals surface area contributed by atoms with E-state index in [2.05, 4.69) is 5.32 Å². The number of anilines is 1. The van der Waals surface area contributed by atoms with E-state index in [0.717, 1.165) is 18.4 Å². The SMILES string of the molecule is CS(=O)(=O)c1cccc(C(=O)OCC(=O)Nc2cc([N+](=O)[O-])ccc2Cl)c1. The third-order valence-electron chi connectivity index (χ3n) is 3.27. The Balaban J connectivity index is 2.03. The van der Waals surface area contributed by atoms with E-state index in [1.165, 1.54) is 30.3 Å². The van der Waals surface area contributed by atoms with Crippen molar-refractivity contribution in [2.75, 3.05) is 18.2 Å². The molecule has 0 heterocycles. The van der Waals surface area contributed by atoms with Gasteiger partial charge in [-0.25, -0.2) is 13.2 Å². The lowest BCUT2D eigenvalue weighted by atomic mass is 10.2. The third-order valence-corrected chi connectivity index (χ3v) is 4.71. The highest BCUT2D eigenvalue weighted by molar-refractivity contribution is 7.90. The second-order valence-electron chi connectivity index (χ2n) is 5.35. The van der Waals surface area contributed by atoms with E-state index >= 15 is 0 Å². The molecule has 0 bridgehead atoms.